The fraction of sp³-hybridized carbons (Fsp3) is 0.625. The van der Waals surface area contributed by atoms with Gasteiger partial charge in [-0.05, 0) is 38.1 Å². The number of rotatable bonds is 4. The van der Waals surface area contributed by atoms with Crippen LogP contribution in [0.2, 0.25) is 5.02 Å². The zero-order chi connectivity index (χ0) is 16.9. The van der Waals surface area contributed by atoms with Crippen LogP contribution in [0.1, 0.15) is 36.2 Å². The van der Waals surface area contributed by atoms with Crippen molar-refractivity contribution in [2.75, 3.05) is 26.2 Å². The average Bonchev–Trinajstić information content (AvgIpc) is 3.14. The van der Waals surface area contributed by atoms with Crippen LogP contribution in [0.3, 0.4) is 0 Å². The molecule has 2 amide bonds. The Hall–Kier alpha value is -1.44. The van der Waals surface area contributed by atoms with Crippen LogP contribution in [0.5, 0.6) is 0 Å². The molecule has 0 aromatic carbocycles. The van der Waals surface area contributed by atoms with Gasteiger partial charge < -0.3 is 15.5 Å². The molecule has 7 nitrogen and oxygen atoms in total. The molecule has 0 saturated carbocycles. The lowest BCUT2D eigenvalue weighted by atomic mass is 9.97. The van der Waals surface area contributed by atoms with Crippen molar-refractivity contribution in [1.82, 2.24) is 25.5 Å². The molecule has 0 spiro atoms. The van der Waals surface area contributed by atoms with Crippen LogP contribution < -0.4 is 10.6 Å². The highest BCUT2D eigenvalue weighted by Gasteiger charge is 2.28. The summed E-state index contributed by atoms with van der Waals surface area (Å²) < 4.78 is 0. The normalized spacial score (nSPS) is 23.0. The van der Waals surface area contributed by atoms with Crippen molar-refractivity contribution < 1.29 is 9.59 Å². The lowest BCUT2D eigenvalue weighted by molar-refractivity contribution is -0.123. The van der Waals surface area contributed by atoms with Gasteiger partial charge in [0.05, 0.1) is 11.1 Å². The van der Waals surface area contributed by atoms with Gasteiger partial charge in [-0.1, -0.05) is 11.6 Å². The van der Waals surface area contributed by atoms with Crippen LogP contribution in [0.4, 0.5) is 0 Å². The van der Waals surface area contributed by atoms with Gasteiger partial charge in [0.25, 0.3) is 5.91 Å². The summed E-state index contributed by atoms with van der Waals surface area (Å²) >= 11 is 6.01. The van der Waals surface area contributed by atoms with Crippen LogP contribution in [0.15, 0.2) is 12.5 Å². The van der Waals surface area contributed by atoms with Crippen molar-refractivity contribution in [1.29, 1.82) is 0 Å². The molecule has 1 aromatic rings. The summed E-state index contributed by atoms with van der Waals surface area (Å²) in [6.45, 7) is 2.80. The SMILES string of the molecule is Cl.O=C(NCC1CCCN(C(=O)c2ncncc2Cl)C1)C1CCCN1. The Labute approximate surface area is 158 Å². The summed E-state index contributed by atoms with van der Waals surface area (Å²) in [5.41, 5.74) is 0.242. The smallest absolute Gasteiger partial charge is 0.274 e. The summed E-state index contributed by atoms with van der Waals surface area (Å²) in [4.78, 5) is 34.2. The average molecular weight is 388 g/mol. The molecule has 2 aliphatic heterocycles. The van der Waals surface area contributed by atoms with Gasteiger partial charge >= 0.3 is 0 Å². The van der Waals surface area contributed by atoms with E-state index in [0.29, 0.717) is 19.6 Å². The minimum absolute atomic E-state index is 0. The Balaban J connectivity index is 0.00000225. The second-order valence-corrected chi connectivity index (χ2v) is 6.78. The number of aromatic nitrogens is 2. The molecule has 3 heterocycles. The van der Waals surface area contributed by atoms with E-state index in [-0.39, 0.29) is 46.9 Å². The number of hydrogen-bond acceptors (Lipinski definition) is 5. The van der Waals surface area contributed by atoms with E-state index in [4.69, 9.17) is 11.6 Å². The van der Waals surface area contributed by atoms with Crippen molar-refractivity contribution in [3.05, 3.63) is 23.2 Å². The number of halogens is 2. The summed E-state index contributed by atoms with van der Waals surface area (Å²) in [7, 11) is 0. The fourth-order valence-corrected chi connectivity index (χ4v) is 3.50. The maximum atomic E-state index is 12.6. The highest BCUT2D eigenvalue weighted by atomic mass is 35.5. The van der Waals surface area contributed by atoms with E-state index >= 15 is 0 Å². The maximum Gasteiger partial charge on any atom is 0.274 e. The van der Waals surface area contributed by atoms with Gasteiger partial charge in [0.2, 0.25) is 5.91 Å². The first kappa shape index (κ1) is 19.9. The predicted octanol–water partition coefficient (Wildman–Crippen LogP) is 1.27. The van der Waals surface area contributed by atoms with Gasteiger partial charge in [-0.15, -0.1) is 12.4 Å². The second kappa shape index (κ2) is 9.31. The van der Waals surface area contributed by atoms with Crippen molar-refractivity contribution in [2.24, 2.45) is 5.92 Å². The lowest BCUT2D eigenvalue weighted by Gasteiger charge is -2.33. The van der Waals surface area contributed by atoms with E-state index in [0.717, 1.165) is 32.2 Å². The molecule has 0 radical (unpaired) electrons. The Kier molecular flexibility index (Phi) is 7.40. The first-order valence-electron chi connectivity index (χ1n) is 8.41. The molecule has 3 rings (SSSR count). The number of carbonyl (C=O) groups excluding carboxylic acids is 2. The summed E-state index contributed by atoms with van der Waals surface area (Å²) in [6.07, 6.45) is 6.61. The van der Waals surface area contributed by atoms with Crippen LogP contribution >= 0.6 is 24.0 Å². The number of nitrogens with one attached hydrogen (secondary N) is 2. The monoisotopic (exact) mass is 387 g/mol. The third-order valence-corrected chi connectivity index (χ3v) is 4.89. The van der Waals surface area contributed by atoms with Gasteiger partial charge in [-0.2, -0.15) is 0 Å². The highest BCUT2D eigenvalue weighted by molar-refractivity contribution is 6.33. The Morgan fingerprint density at radius 1 is 1.36 bits per heavy atom. The molecule has 9 heteroatoms. The predicted molar refractivity (Wildman–Crippen MR) is 97.0 cm³/mol. The van der Waals surface area contributed by atoms with E-state index < -0.39 is 0 Å². The fourth-order valence-electron chi connectivity index (χ4n) is 3.31. The zero-order valence-corrected chi connectivity index (χ0v) is 15.5. The number of piperidine rings is 1. The molecular formula is C16H23Cl2N5O2. The largest absolute Gasteiger partial charge is 0.354 e. The summed E-state index contributed by atoms with van der Waals surface area (Å²) in [6, 6.07) is -0.0637. The maximum absolute atomic E-state index is 12.6. The van der Waals surface area contributed by atoms with E-state index in [1.807, 2.05) is 0 Å². The van der Waals surface area contributed by atoms with Gasteiger partial charge in [0, 0.05) is 25.8 Å². The van der Waals surface area contributed by atoms with Crippen molar-refractivity contribution in [3.8, 4) is 0 Å². The molecule has 2 unspecified atom stereocenters. The van der Waals surface area contributed by atoms with E-state index in [1.165, 1.54) is 12.5 Å². The first-order chi connectivity index (χ1) is 11.6. The number of likely N-dealkylation sites (tertiary alicyclic amines) is 1. The molecule has 25 heavy (non-hydrogen) atoms. The molecule has 2 saturated heterocycles. The molecule has 0 bridgehead atoms. The van der Waals surface area contributed by atoms with E-state index in [1.54, 1.807) is 4.90 Å². The van der Waals surface area contributed by atoms with Crippen LogP contribution in [0, 0.1) is 5.92 Å². The Morgan fingerprint density at radius 2 is 2.20 bits per heavy atom. The first-order valence-corrected chi connectivity index (χ1v) is 8.79. The lowest BCUT2D eigenvalue weighted by Crippen LogP contribution is -2.46. The molecule has 2 atom stereocenters. The number of nitrogens with zero attached hydrogens (tertiary/aromatic N) is 3. The van der Waals surface area contributed by atoms with E-state index in [9.17, 15) is 9.59 Å². The summed E-state index contributed by atoms with van der Waals surface area (Å²) in [5.74, 6) is 0.152. The van der Waals surface area contributed by atoms with Gasteiger partial charge in [0.15, 0.2) is 0 Å². The standard InChI is InChI=1S/C16H22ClN5O2.ClH/c17-12-8-18-10-21-14(12)16(24)22-6-2-3-11(9-22)7-20-15(23)13-4-1-5-19-13;/h8,10-11,13,19H,1-7,9H2,(H,20,23);1H. The molecule has 138 valence electrons. The van der Waals surface area contributed by atoms with Crippen molar-refractivity contribution in [3.63, 3.8) is 0 Å². The topological polar surface area (TPSA) is 87.2 Å². The number of hydrogen-bond donors (Lipinski definition) is 2. The minimum Gasteiger partial charge on any atom is -0.354 e. The van der Waals surface area contributed by atoms with Crippen molar-refractivity contribution >= 4 is 35.8 Å². The number of carbonyl (C=O) groups is 2. The number of amides is 2. The molecular weight excluding hydrogens is 365 g/mol. The third kappa shape index (κ3) is 5.03. The Bertz CT molecular complexity index is 610. The molecule has 2 fully saturated rings. The van der Waals surface area contributed by atoms with Gasteiger partial charge in [-0.25, -0.2) is 9.97 Å². The third-order valence-electron chi connectivity index (χ3n) is 4.62. The molecule has 2 aliphatic rings. The van der Waals surface area contributed by atoms with Crippen LogP contribution in [-0.4, -0.2) is 58.9 Å². The van der Waals surface area contributed by atoms with Crippen LogP contribution in [0.25, 0.3) is 0 Å². The van der Waals surface area contributed by atoms with Gasteiger partial charge in [-0.3, -0.25) is 9.59 Å². The molecule has 2 N–H and O–H groups in total. The Morgan fingerprint density at radius 3 is 2.92 bits per heavy atom. The second-order valence-electron chi connectivity index (χ2n) is 6.37. The molecule has 0 aliphatic carbocycles. The summed E-state index contributed by atoms with van der Waals surface area (Å²) in [5, 5.41) is 6.48. The van der Waals surface area contributed by atoms with Crippen molar-refractivity contribution in [2.45, 2.75) is 31.7 Å². The van der Waals surface area contributed by atoms with Crippen LogP contribution in [-0.2, 0) is 4.79 Å². The zero-order valence-electron chi connectivity index (χ0n) is 13.9. The van der Waals surface area contributed by atoms with E-state index in [2.05, 4.69) is 20.6 Å². The minimum atomic E-state index is -0.170. The quantitative estimate of drug-likeness (QED) is 0.811. The highest BCUT2D eigenvalue weighted by Crippen LogP contribution is 2.20. The van der Waals surface area contributed by atoms with Gasteiger partial charge in [0.1, 0.15) is 12.0 Å². The molecule has 1 aromatic heterocycles.